The number of nitrogens with zero attached hydrogens (tertiary/aromatic N) is 1. The molecule has 0 saturated heterocycles. The summed E-state index contributed by atoms with van der Waals surface area (Å²) in [5, 5.41) is 1.08. The second kappa shape index (κ2) is 5.54. The summed E-state index contributed by atoms with van der Waals surface area (Å²) in [6, 6.07) is 8.08. The SMILES string of the molecule is Cn1c(C=O)c(C#CC2CCCCC2)c2ccccc21. The van der Waals surface area contributed by atoms with Crippen molar-refractivity contribution in [2.24, 2.45) is 13.0 Å². The zero-order chi connectivity index (χ0) is 13.9. The molecule has 3 rings (SSSR count). The smallest absolute Gasteiger partial charge is 0.167 e. The van der Waals surface area contributed by atoms with E-state index >= 15 is 0 Å². The van der Waals surface area contributed by atoms with Gasteiger partial charge in [0.15, 0.2) is 6.29 Å². The number of hydrogen-bond donors (Lipinski definition) is 0. The van der Waals surface area contributed by atoms with Gasteiger partial charge in [-0.25, -0.2) is 0 Å². The van der Waals surface area contributed by atoms with Crippen LogP contribution in [-0.2, 0) is 7.05 Å². The third kappa shape index (κ3) is 2.25. The number of aromatic nitrogens is 1. The Morgan fingerprint density at radius 3 is 2.70 bits per heavy atom. The average molecular weight is 265 g/mol. The molecule has 102 valence electrons. The van der Waals surface area contributed by atoms with E-state index in [-0.39, 0.29) is 0 Å². The molecule has 0 bridgehead atoms. The summed E-state index contributed by atoms with van der Waals surface area (Å²) in [6.45, 7) is 0. The average Bonchev–Trinajstić information content (AvgIpc) is 2.78. The van der Waals surface area contributed by atoms with E-state index in [1.807, 2.05) is 35.9 Å². The number of aldehydes is 1. The lowest BCUT2D eigenvalue weighted by Gasteiger charge is -2.15. The van der Waals surface area contributed by atoms with Crippen LogP contribution >= 0.6 is 0 Å². The van der Waals surface area contributed by atoms with E-state index in [0.717, 1.165) is 22.8 Å². The summed E-state index contributed by atoms with van der Waals surface area (Å²) >= 11 is 0. The van der Waals surface area contributed by atoms with Gasteiger partial charge in [0.1, 0.15) is 0 Å². The summed E-state index contributed by atoms with van der Waals surface area (Å²) in [7, 11) is 1.93. The van der Waals surface area contributed by atoms with E-state index in [4.69, 9.17) is 0 Å². The minimum atomic E-state index is 0.502. The standard InChI is InChI=1S/C18H19NO/c1-19-17-10-6-5-9-15(17)16(18(19)13-20)12-11-14-7-3-2-4-8-14/h5-6,9-10,13-14H,2-4,7-8H2,1H3. The molecule has 0 aliphatic heterocycles. The number of para-hydroxylation sites is 1. The van der Waals surface area contributed by atoms with Gasteiger partial charge >= 0.3 is 0 Å². The van der Waals surface area contributed by atoms with Crippen molar-refractivity contribution in [3.8, 4) is 11.8 Å². The third-order valence-electron chi connectivity index (χ3n) is 4.27. The Morgan fingerprint density at radius 1 is 1.20 bits per heavy atom. The van der Waals surface area contributed by atoms with Crippen molar-refractivity contribution in [2.75, 3.05) is 0 Å². The largest absolute Gasteiger partial charge is 0.340 e. The van der Waals surface area contributed by atoms with Crippen LogP contribution in [0.2, 0.25) is 0 Å². The second-order valence-electron chi connectivity index (χ2n) is 5.56. The highest BCUT2D eigenvalue weighted by Gasteiger charge is 2.14. The maximum Gasteiger partial charge on any atom is 0.167 e. The number of hydrogen-bond acceptors (Lipinski definition) is 1. The van der Waals surface area contributed by atoms with Crippen LogP contribution in [0.5, 0.6) is 0 Å². The van der Waals surface area contributed by atoms with Crippen LogP contribution < -0.4 is 0 Å². The van der Waals surface area contributed by atoms with Gasteiger partial charge in [-0.15, -0.1) is 0 Å². The summed E-state index contributed by atoms with van der Waals surface area (Å²) in [5.41, 5.74) is 2.65. The molecule has 1 heterocycles. The van der Waals surface area contributed by atoms with Crippen LogP contribution in [0.15, 0.2) is 24.3 Å². The molecule has 0 N–H and O–H groups in total. The molecule has 1 saturated carbocycles. The first kappa shape index (κ1) is 13.0. The summed E-state index contributed by atoms with van der Waals surface area (Å²) in [5.74, 6) is 7.19. The molecule has 1 aromatic carbocycles. The van der Waals surface area contributed by atoms with E-state index in [9.17, 15) is 4.79 Å². The van der Waals surface area contributed by atoms with Gasteiger partial charge < -0.3 is 4.57 Å². The lowest BCUT2D eigenvalue weighted by molar-refractivity contribution is 0.111. The summed E-state index contributed by atoms with van der Waals surface area (Å²) in [6.07, 6.45) is 7.24. The minimum Gasteiger partial charge on any atom is -0.340 e. The lowest BCUT2D eigenvalue weighted by Crippen LogP contribution is -2.03. The Morgan fingerprint density at radius 2 is 1.95 bits per heavy atom. The van der Waals surface area contributed by atoms with Crippen LogP contribution in [-0.4, -0.2) is 10.9 Å². The van der Waals surface area contributed by atoms with E-state index in [1.165, 1.54) is 32.1 Å². The molecular weight excluding hydrogens is 246 g/mol. The number of fused-ring (bicyclic) bond motifs is 1. The van der Waals surface area contributed by atoms with Crippen molar-refractivity contribution in [2.45, 2.75) is 32.1 Å². The van der Waals surface area contributed by atoms with E-state index in [1.54, 1.807) is 0 Å². The predicted molar refractivity (Wildman–Crippen MR) is 81.8 cm³/mol. The van der Waals surface area contributed by atoms with Gasteiger partial charge in [-0.1, -0.05) is 49.3 Å². The van der Waals surface area contributed by atoms with Crippen LogP contribution in [0.3, 0.4) is 0 Å². The highest BCUT2D eigenvalue weighted by Crippen LogP contribution is 2.25. The summed E-state index contributed by atoms with van der Waals surface area (Å²) in [4.78, 5) is 11.4. The minimum absolute atomic E-state index is 0.502. The molecule has 0 atom stereocenters. The molecule has 2 nitrogen and oxygen atoms in total. The second-order valence-corrected chi connectivity index (χ2v) is 5.56. The van der Waals surface area contributed by atoms with Gasteiger partial charge in [0.25, 0.3) is 0 Å². The van der Waals surface area contributed by atoms with Crippen LogP contribution in [0.1, 0.15) is 48.2 Å². The molecule has 1 aromatic heterocycles. The number of benzene rings is 1. The molecule has 20 heavy (non-hydrogen) atoms. The third-order valence-corrected chi connectivity index (χ3v) is 4.27. The van der Waals surface area contributed by atoms with Gasteiger partial charge in [0, 0.05) is 23.9 Å². The van der Waals surface area contributed by atoms with Gasteiger partial charge in [-0.2, -0.15) is 0 Å². The van der Waals surface area contributed by atoms with Crippen molar-refractivity contribution in [3.63, 3.8) is 0 Å². The molecule has 1 fully saturated rings. The Bertz CT molecular complexity index is 693. The Hall–Kier alpha value is -2.01. The van der Waals surface area contributed by atoms with Crippen molar-refractivity contribution in [1.29, 1.82) is 0 Å². The highest BCUT2D eigenvalue weighted by molar-refractivity contribution is 5.95. The van der Waals surface area contributed by atoms with Crippen LogP contribution in [0, 0.1) is 17.8 Å². The van der Waals surface area contributed by atoms with Crippen molar-refractivity contribution >= 4 is 17.2 Å². The Balaban J connectivity index is 2.06. The molecule has 0 radical (unpaired) electrons. The molecule has 1 aliphatic rings. The van der Waals surface area contributed by atoms with Gasteiger partial charge in [-0.05, 0) is 18.9 Å². The zero-order valence-electron chi connectivity index (χ0n) is 11.9. The van der Waals surface area contributed by atoms with Gasteiger partial charge in [0.05, 0.1) is 11.3 Å². The monoisotopic (exact) mass is 265 g/mol. The maximum atomic E-state index is 11.4. The van der Waals surface area contributed by atoms with Crippen molar-refractivity contribution in [1.82, 2.24) is 4.57 Å². The zero-order valence-corrected chi connectivity index (χ0v) is 11.9. The van der Waals surface area contributed by atoms with E-state index in [0.29, 0.717) is 11.6 Å². The van der Waals surface area contributed by atoms with Gasteiger partial charge in [-0.3, -0.25) is 4.79 Å². The summed E-state index contributed by atoms with van der Waals surface area (Å²) < 4.78 is 1.94. The Labute approximate surface area is 119 Å². The predicted octanol–water partition coefficient (Wildman–Crippen LogP) is 3.92. The fourth-order valence-electron chi connectivity index (χ4n) is 3.10. The molecular formula is C18H19NO. The fraction of sp³-hybridized carbons (Fsp3) is 0.389. The fourth-order valence-corrected chi connectivity index (χ4v) is 3.10. The Kier molecular flexibility index (Phi) is 3.60. The first-order valence-electron chi connectivity index (χ1n) is 7.35. The lowest BCUT2D eigenvalue weighted by atomic mass is 9.89. The number of carbonyl (C=O) groups is 1. The molecule has 0 spiro atoms. The number of aryl methyl sites for hydroxylation is 1. The molecule has 0 unspecified atom stereocenters. The molecule has 0 amide bonds. The first-order chi connectivity index (χ1) is 9.81. The number of carbonyl (C=O) groups excluding carboxylic acids is 1. The van der Waals surface area contributed by atoms with E-state index < -0.39 is 0 Å². The normalized spacial score (nSPS) is 15.8. The van der Waals surface area contributed by atoms with Crippen LogP contribution in [0.4, 0.5) is 0 Å². The molecule has 2 aromatic rings. The number of rotatable bonds is 1. The van der Waals surface area contributed by atoms with Crippen molar-refractivity contribution < 1.29 is 4.79 Å². The van der Waals surface area contributed by atoms with Gasteiger partial charge in [0.2, 0.25) is 0 Å². The topological polar surface area (TPSA) is 22.0 Å². The van der Waals surface area contributed by atoms with E-state index in [2.05, 4.69) is 11.8 Å². The van der Waals surface area contributed by atoms with Crippen LogP contribution in [0.25, 0.3) is 10.9 Å². The maximum absolute atomic E-state index is 11.4. The molecule has 1 aliphatic carbocycles. The highest BCUT2D eigenvalue weighted by atomic mass is 16.1. The molecule has 2 heteroatoms. The first-order valence-corrected chi connectivity index (χ1v) is 7.35. The van der Waals surface area contributed by atoms with Crippen molar-refractivity contribution in [3.05, 3.63) is 35.5 Å². The quantitative estimate of drug-likeness (QED) is 0.566.